The Balaban J connectivity index is 2.67. The Morgan fingerprint density at radius 2 is 1.95 bits per heavy atom. The van der Waals surface area contributed by atoms with Crippen LogP contribution in [0.5, 0.6) is 0 Å². The summed E-state index contributed by atoms with van der Waals surface area (Å²) in [5.74, 6) is -0.0808. The van der Waals surface area contributed by atoms with Gasteiger partial charge in [-0.2, -0.15) is 0 Å². The molecule has 1 aromatic rings. The minimum absolute atomic E-state index is 0.0808. The highest BCUT2D eigenvalue weighted by Gasteiger charge is 2.20. The second-order valence-corrected chi connectivity index (χ2v) is 7.63. The summed E-state index contributed by atoms with van der Waals surface area (Å²) in [7, 11) is 3.71. The molecule has 0 aliphatic heterocycles. The Bertz CT molecular complexity index is 538. The normalized spacial score (nSPS) is 13.4. The summed E-state index contributed by atoms with van der Waals surface area (Å²) in [4.78, 5) is 14.0. The summed E-state index contributed by atoms with van der Waals surface area (Å²) in [6, 6.07) is 5.04. The number of thiocarbonyl (C=S) groups is 1. The highest BCUT2D eigenvalue weighted by Crippen LogP contribution is 2.26. The van der Waals surface area contributed by atoms with Crippen molar-refractivity contribution in [3.63, 3.8) is 0 Å². The van der Waals surface area contributed by atoms with E-state index in [-0.39, 0.29) is 17.2 Å². The third-order valence-electron chi connectivity index (χ3n) is 2.80. The fourth-order valence-electron chi connectivity index (χ4n) is 1.57. The Morgan fingerprint density at radius 1 is 1.33 bits per heavy atom. The predicted molar refractivity (Wildman–Crippen MR) is 96.4 cm³/mol. The zero-order valence-electron chi connectivity index (χ0n) is 12.3. The van der Waals surface area contributed by atoms with Crippen LogP contribution in [-0.4, -0.2) is 34.5 Å². The molecule has 0 fully saturated rings. The molecule has 0 saturated carbocycles. The first kappa shape index (κ1) is 18.6. The van der Waals surface area contributed by atoms with Crippen LogP contribution in [0, 0.1) is 0 Å². The molecule has 2 atom stereocenters. The molecule has 0 aliphatic carbocycles. The minimum atomic E-state index is -0.270. The van der Waals surface area contributed by atoms with Gasteiger partial charge < -0.3 is 10.2 Å². The average molecular weight is 365 g/mol. The number of carbonyl (C=O) groups excluding carboxylic acids is 1. The van der Waals surface area contributed by atoms with E-state index in [1.165, 1.54) is 11.8 Å². The van der Waals surface area contributed by atoms with Crippen LogP contribution in [0.1, 0.15) is 25.5 Å². The average Bonchev–Trinajstić information content (AvgIpc) is 2.37. The van der Waals surface area contributed by atoms with Crippen LogP contribution in [0.4, 0.5) is 0 Å². The fourth-order valence-corrected chi connectivity index (χ4v) is 3.26. The van der Waals surface area contributed by atoms with Crippen molar-refractivity contribution in [1.82, 2.24) is 10.2 Å². The molecule has 0 heterocycles. The van der Waals surface area contributed by atoms with Crippen molar-refractivity contribution in [3.05, 3.63) is 33.8 Å². The molecule has 0 radical (unpaired) electrons. The van der Waals surface area contributed by atoms with Gasteiger partial charge in [0.1, 0.15) is 4.32 Å². The first-order valence-corrected chi connectivity index (χ1v) is 8.40. The third-order valence-corrected chi connectivity index (χ3v) is 5.15. The second kappa shape index (κ2) is 8.22. The Kier molecular flexibility index (Phi) is 7.27. The molecule has 116 valence electrons. The molecule has 1 amide bonds. The van der Waals surface area contributed by atoms with E-state index in [9.17, 15) is 4.79 Å². The smallest absolute Gasteiger partial charge is 0.233 e. The number of thioether (sulfide) groups is 1. The number of amides is 1. The van der Waals surface area contributed by atoms with Crippen LogP contribution in [0.2, 0.25) is 10.0 Å². The molecular weight excluding hydrogens is 347 g/mol. The van der Waals surface area contributed by atoms with E-state index in [0.717, 1.165) is 5.56 Å². The molecule has 0 aliphatic rings. The van der Waals surface area contributed by atoms with Crippen molar-refractivity contribution in [1.29, 1.82) is 0 Å². The Morgan fingerprint density at radius 3 is 2.48 bits per heavy atom. The summed E-state index contributed by atoms with van der Waals surface area (Å²) in [5.41, 5.74) is 0.835. The van der Waals surface area contributed by atoms with Crippen LogP contribution < -0.4 is 5.32 Å². The molecule has 2 unspecified atom stereocenters. The van der Waals surface area contributed by atoms with E-state index < -0.39 is 0 Å². The molecule has 7 heteroatoms. The summed E-state index contributed by atoms with van der Waals surface area (Å²) in [6.07, 6.45) is 0. The molecule has 1 aromatic carbocycles. The van der Waals surface area contributed by atoms with Crippen LogP contribution in [0.3, 0.4) is 0 Å². The Hall–Kier alpha value is -0.490. The number of hydrogen-bond donors (Lipinski definition) is 1. The van der Waals surface area contributed by atoms with E-state index in [1.54, 1.807) is 12.1 Å². The highest BCUT2D eigenvalue weighted by atomic mass is 35.5. The van der Waals surface area contributed by atoms with Gasteiger partial charge in [-0.1, -0.05) is 53.2 Å². The van der Waals surface area contributed by atoms with Gasteiger partial charge in [0.25, 0.3) is 0 Å². The molecule has 21 heavy (non-hydrogen) atoms. The van der Waals surface area contributed by atoms with E-state index in [2.05, 4.69) is 5.32 Å². The molecule has 1 N–H and O–H groups in total. The maximum absolute atomic E-state index is 12.2. The minimum Gasteiger partial charge on any atom is -0.364 e. The quantitative estimate of drug-likeness (QED) is 0.813. The number of rotatable bonds is 4. The number of benzene rings is 1. The maximum atomic E-state index is 12.2. The molecule has 0 spiro atoms. The van der Waals surface area contributed by atoms with E-state index in [1.807, 2.05) is 38.9 Å². The lowest BCUT2D eigenvalue weighted by atomic mass is 10.1. The lowest BCUT2D eigenvalue weighted by molar-refractivity contribution is -0.120. The van der Waals surface area contributed by atoms with Crippen molar-refractivity contribution >= 4 is 57.4 Å². The summed E-state index contributed by atoms with van der Waals surface area (Å²) in [5, 5.41) is 3.78. The van der Waals surface area contributed by atoms with Crippen molar-refractivity contribution in [2.24, 2.45) is 0 Å². The van der Waals surface area contributed by atoms with Gasteiger partial charge in [0.05, 0.1) is 11.3 Å². The molecule has 1 rings (SSSR count). The van der Waals surface area contributed by atoms with Gasteiger partial charge in [0.15, 0.2) is 0 Å². The van der Waals surface area contributed by atoms with Gasteiger partial charge in [-0.05, 0) is 31.5 Å². The van der Waals surface area contributed by atoms with Crippen molar-refractivity contribution in [2.75, 3.05) is 14.1 Å². The number of carbonyl (C=O) groups is 1. The van der Waals surface area contributed by atoms with Crippen molar-refractivity contribution < 1.29 is 4.79 Å². The van der Waals surface area contributed by atoms with Crippen LogP contribution in [0.25, 0.3) is 0 Å². The lowest BCUT2D eigenvalue weighted by Gasteiger charge is -2.20. The standard InChI is InChI=1S/C14H18Cl2N2OS2/c1-8(11-6-5-10(15)7-12(11)16)17-13(19)9(2)21-14(20)18(3)4/h5-9H,1-4H3,(H,17,19). The van der Waals surface area contributed by atoms with Gasteiger partial charge in [-0.25, -0.2) is 0 Å². The summed E-state index contributed by atoms with van der Waals surface area (Å²) >= 11 is 18.6. The number of nitrogens with one attached hydrogen (secondary N) is 1. The monoisotopic (exact) mass is 364 g/mol. The highest BCUT2D eigenvalue weighted by molar-refractivity contribution is 8.23. The van der Waals surface area contributed by atoms with Crippen molar-refractivity contribution in [3.8, 4) is 0 Å². The zero-order chi connectivity index (χ0) is 16.2. The molecule has 0 saturated heterocycles. The van der Waals surface area contributed by atoms with Gasteiger partial charge in [-0.15, -0.1) is 0 Å². The fraction of sp³-hybridized carbons (Fsp3) is 0.429. The Labute approximate surface area is 145 Å². The van der Waals surface area contributed by atoms with Crippen LogP contribution >= 0.6 is 47.2 Å². The lowest BCUT2D eigenvalue weighted by Crippen LogP contribution is -2.34. The first-order chi connectivity index (χ1) is 9.72. The topological polar surface area (TPSA) is 32.3 Å². The number of nitrogens with zero attached hydrogens (tertiary/aromatic N) is 1. The van der Waals surface area contributed by atoms with Gasteiger partial charge >= 0.3 is 0 Å². The van der Waals surface area contributed by atoms with Gasteiger partial charge in [0, 0.05) is 24.1 Å². The summed E-state index contributed by atoms with van der Waals surface area (Å²) < 4.78 is 0.676. The van der Waals surface area contributed by atoms with Gasteiger partial charge in [-0.3, -0.25) is 4.79 Å². The molecule has 0 aromatic heterocycles. The van der Waals surface area contributed by atoms with E-state index in [4.69, 9.17) is 35.4 Å². The SMILES string of the molecule is CC(SC(=S)N(C)C)C(=O)NC(C)c1ccc(Cl)cc1Cl. The van der Waals surface area contributed by atoms with E-state index in [0.29, 0.717) is 14.4 Å². The molecular formula is C14H18Cl2N2OS2. The zero-order valence-corrected chi connectivity index (χ0v) is 15.5. The first-order valence-electron chi connectivity index (χ1n) is 6.35. The molecule has 3 nitrogen and oxygen atoms in total. The van der Waals surface area contributed by atoms with E-state index >= 15 is 0 Å². The van der Waals surface area contributed by atoms with Crippen LogP contribution in [-0.2, 0) is 4.79 Å². The number of hydrogen-bond acceptors (Lipinski definition) is 3. The largest absolute Gasteiger partial charge is 0.364 e. The van der Waals surface area contributed by atoms with Gasteiger partial charge in [0.2, 0.25) is 5.91 Å². The predicted octanol–water partition coefficient (Wildman–Crippen LogP) is 4.14. The third kappa shape index (κ3) is 5.66. The van der Waals surface area contributed by atoms with Crippen LogP contribution in [0.15, 0.2) is 18.2 Å². The summed E-state index contributed by atoms with van der Waals surface area (Å²) in [6.45, 7) is 3.71. The number of halogens is 2. The second-order valence-electron chi connectivity index (χ2n) is 4.82. The van der Waals surface area contributed by atoms with Crippen molar-refractivity contribution in [2.45, 2.75) is 25.1 Å². The maximum Gasteiger partial charge on any atom is 0.233 e. The molecule has 0 bridgehead atoms.